The Bertz CT molecular complexity index is 1110. The third kappa shape index (κ3) is 3.58. The van der Waals surface area contributed by atoms with Crippen LogP contribution >= 0.6 is 11.3 Å². The lowest BCUT2D eigenvalue weighted by molar-refractivity contribution is -0.118. The minimum atomic E-state index is -3.75. The molecule has 146 valence electrons. The highest BCUT2D eigenvalue weighted by molar-refractivity contribution is 7.89. The molecule has 3 aromatic rings. The third-order valence-corrected chi connectivity index (χ3v) is 6.75. The van der Waals surface area contributed by atoms with E-state index >= 15 is 0 Å². The van der Waals surface area contributed by atoms with Crippen molar-refractivity contribution in [3.05, 3.63) is 47.2 Å². The molecule has 8 nitrogen and oxygen atoms in total. The molecule has 0 bridgehead atoms. The van der Waals surface area contributed by atoms with Gasteiger partial charge in [-0.1, -0.05) is 18.1 Å². The Kier molecular flexibility index (Phi) is 5.00. The predicted molar refractivity (Wildman–Crippen MR) is 104 cm³/mol. The first-order valence-electron chi connectivity index (χ1n) is 8.77. The van der Waals surface area contributed by atoms with Crippen molar-refractivity contribution < 1.29 is 17.7 Å². The minimum Gasteiger partial charge on any atom is -0.337 e. The molecule has 1 aliphatic heterocycles. The Morgan fingerprint density at radius 3 is 2.96 bits per heavy atom. The van der Waals surface area contributed by atoms with Crippen molar-refractivity contribution in [3.63, 3.8) is 0 Å². The van der Waals surface area contributed by atoms with E-state index in [1.807, 2.05) is 24.4 Å². The summed E-state index contributed by atoms with van der Waals surface area (Å²) in [5, 5.41) is 5.76. The largest absolute Gasteiger partial charge is 0.337 e. The molecule has 4 rings (SSSR count). The van der Waals surface area contributed by atoms with Crippen LogP contribution in [0.2, 0.25) is 0 Å². The summed E-state index contributed by atoms with van der Waals surface area (Å²) in [5.41, 5.74) is 1.63. The Labute approximate surface area is 166 Å². The molecule has 1 N–H and O–H groups in total. The van der Waals surface area contributed by atoms with Gasteiger partial charge in [-0.15, -0.1) is 11.3 Å². The molecule has 0 unspecified atom stereocenters. The summed E-state index contributed by atoms with van der Waals surface area (Å²) in [6.45, 7) is 2.29. The van der Waals surface area contributed by atoms with Gasteiger partial charge in [-0.2, -0.15) is 4.98 Å². The van der Waals surface area contributed by atoms with E-state index in [-0.39, 0.29) is 23.2 Å². The Hall–Kier alpha value is -2.56. The van der Waals surface area contributed by atoms with Gasteiger partial charge in [-0.3, -0.25) is 4.79 Å². The van der Waals surface area contributed by atoms with Crippen LogP contribution in [-0.4, -0.2) is 31.0 Å². The Morgan fingerprint density at radius 2 is 2.21 bits per heavy atom. The van der Waals surface area contributed by atoms with E-state index in [4.69, 9.17) is 4.52 Å². The Morgan fingerprint density at radius 1 is 1.36 bits per heavy atom. The molecule has 0 radical (unpaired) electrons. The van der Waals surface area contributed by atoms with Crippen LogP contribution in [0.5, 0.6) is 0 Å². The zero-order valence-corrected chi connectivity index (χ0v) is 16.7. The highest BCUT2D eigenvalue weighted by Gasteiger charge is 2.26. The average Bonchev–Trinajstić information content (AvgIpc) is 3.45. The van der Waals surface area contributed by atoms with E-state index in [9.17, 15) is 13.2 Å². The molecular weight excluding hydrogens is 400 g/mol. The smallest absolute Gasteiger partial charge is 0.242 e. The molecule has 0 aliphatic carbocycles. The third-order valence-electron chi connectivity index (χ3n) is 4.48. The number of thiophene rings is 1. The maximum absolute atomic E-state index is 12.6. The second kappa shape index (κ2) is 7.46. The van der Waals surface area contributed by atoms with Gasteiger partial charge >= 0.3 is 0 Å². The fraction of sp³-hybridized carbons (Fsp3) is 0.278. The summed E-state index contributed by atoms with van der Waals surface area (Å²) in [5.74, 6) is 0.653. The van der Waals surface area contributed by atoms with Crippen molar-refractivity contribution in [2.75, 3.05) is 11.4 Å². The number of benzene rings is 1. The molecule has 2 aromatic heterocycles. The first kappa shape index (κ1) is 18.8. The zero-order valence-electron chi connectivity index (χ0n) is 15.1. The van der Waals surface area contributed by atoms with Crippen molar-refractivity contribution in [2.45, 2.75) is 31.2 Å². The Balaban J connectivity index is 1.48. The number of nitrogens with one attached hydrogen (secondary N) is 1. The van der Waals surface area contributed by atoms with Crippen LogP contribution in [0.25, 0.3) is 10.7 Å². The number of amides is 1. The second-order valence-electron chi connectivity index (χ2n) is 6.25. The van der Waals surface area contributed by atoms with Crippen LogP contribution in [-0.2, 0) is 27.8 Å². The average molecular weight is 419 g/mol. The summed E-state index contributed by atoms with van der Waals surface area (Å²) < 4.78 is 32.9. The molecule has 1 aromatic carbocycles. The van der Waals surface area contributed by atoms with Gasteiger partial charge in [0.05, 0.1) is 16.3 Å². The molecule has 0 spiro atoms. The lowest BCUT2D eigenvalue weighted by Gasteiger charge is -2.16. The fourth-order valence-electron chi connectivity index (χ4n) is 3.07. The van der Waals surface area contributed by atoms with E-state index in [0.717, 1.165) is 16.1 Å². The van der Waals surface area contributed by atoms with E-state index in [0.29, 0.717) is 25.2 Å². The number of carbonyl (C=O) groups excluding carboxylic acids is 1. The SMILES string of the molecule is CCC(=O)N1CCc2cc(S(=O)(=O)NCc3nc(-c4cccs4)no3)ccc21. The standard InChI is InChI=1S/C18H18N4O4S2/c1-2-17(23)22-8-7-12-10-13(5-6-14(12)22)28(24,25)19-11-16-20-18(21-26-16)15-4-3-9-27-15/h3-6,9-10,19H,2,7-8,11H2,1H3. The van der Waals surface area contributed by atoms with Gasteiger partial charge in [-0.25, -0.2) is 13.1 Å². The molecule has 0 saturated carbocycles. The van der Waals surface area contributed by atoms with Crippen LogP contribution in [0, 0.1) is 0 Å². The van der Waals surface area contributed by atoms with E-state index in [1.54, 1.807) is 17.0 Å². The number of sulfonamides is 1. The first-order valence-corrected chi connectivity index (χ1v) is 11.1. The van der Waals surface area contributed by atoms with Crippen LogP contribution in [0.4, 0.5) is 5.69 Å². The van der Waals surface area contributed by atoms with E-state index in [1.165, 1.54) is 17.4 Å². The predicted octanol–water partition coefficient (Wildman–Crippen LogP) is 2.58. The summed E-state index contributed by atoms with van der Waals surface area (Å²) in [4.78, 5) is 18.9. The monoisotopic (exact) mass is 418 g/mol. The quantitative estimate of drug-likeness (QED) is 0.660. The molecule has 3 heterocycles. The summed E-state index contributed by atoms with van der Waals surface area (Å²) >= 11 is 1.47. The molecule has 0 fully saturated rings. The van der Waals surface area contributed by atoms with Crippen molar-refractivity contribution in [1.82, 2.24) is 14.9 Å². The summed E-state index contributed by atoms with van der Waals surface area (Å²) in [6.07, 6.45) is 1.05. The van der Waals surface area contributed by atoms with E-state index < -0.39 is 10.0 Å². The number of hydrogen-bond acceptors (Lipinski definition) is 7. The van der Waals surface area contributed by atoms with Crippen LogP contribution in [0.1, 0.15) is 24.8 Å². The highest BCUT2D eigenvalue weighted by atomic mass is 32.2. The molecule has 1 aliphatic rings. The lowest BCUT2D eigenvalue weighted by Crippen LogP contribution is -2.27. The zero-order chi connectivity index (χ0) is 19.7. The number of aromatic nitrogens is 2. The van der Waals surface area contributed by atoms with Gasteiger partial charge in [0.1, 0.15) is 0 Å². The summed E-state index contributed by atoms with van der Waals surface area (Å²) in [6, 6.07) is 8.55. The van der Waals surface area contributed by atoms with Crippen molar-refractivity contribution in [2.24, 2.45) is 0 Å². The number of fused-ring (bicyclic) bond motifs is 1. The van der Waals surface area contributed by atoms with Crippen LogP contribution < -0.4 is 9.62 Å². The van der Waals surface area contributed by atoms with Gasteiger partial charge < -0.3 is 9.42 Å². The van der Waals surface area contributed by atoms with Gasteiger partial charge in [0.15, 0.2) is 0 Å². The number of carbonyl (C=O) groups is 1. The molecule has 28 heavy (non-hydrogen) atoms. The number of anilines is 1. The normalized spacial score (nSPS) is 13.7. The van der Waals surface area contributed by atoms with Gasteiger partial charge in [0.2, 0.25) is 27.6 Å². The van der Waals surface area contributed by atoms with Gasteiger partial charge in [0.25, 0.3) is 0 Å². The van der Waals surface area contributed by atoms with Crippen molar-refractivity contribution >= 4 is 33.0 Å². The lowest BCUT2D eigenvalue weighted by atomic mass is 10.2. The first-order chi connectivity index (χ1) is 13.5. The van der Waals surface area contributed by atoms with Crippen LogP contribution in [0.15, 0.2) is 45.1 Å². The second-order valence-corrected chi connectivity index (χ2v) is 8.97. The fourth-order valence-corrected chi connectivity index (χ4v) is 4.74. The number of hydrogen-bond donors (Lipinski definition) is 1. The van der Waals surface area contributed by atoms with Crippen molar-refractivity contribution in [1.29, 1.82) is 0 Å². The van der Waals surface area contributed by atoms with Gasteiger partial charge in [0, 0.05) is 18.7 Å². The van der Waals surface area contributed by atoms with E-state index in [2.05, 4.69) is 14.9 Å². The molecular formula is C18H18N4O4S2. The molecule has 0 atom stereocenters. The maximum Gasteiger partial charge on any atom is 0.242 e. The topological polar surface area (TPSA) is 105 Å². The highest BCUT2D eigenvalue weighted by Crippen LogP contribution is 2.30. The number of nitrogens with zero attached hydrogens (tertiary/aromatic N) is 3. The maximum atomic E-state index is 12.6. The number of rotatable bonds is 6. The van der Waals surface area contributed by atoms with Crippen LogP contribution in [0.3, 0.4) is 0 Å². The summed E-state index contributed by atoms with van der Waals surface area (Å²) in [7, 11) is -3.75. The minimum absolute atomic E-state index is 0.0328. The molecule has 10 heteroatoms. The molecule has 0 saturated heterocycles. The van der Waals surface area contributed by atoms with Crippen molar-refractivity contribution in [3.8, 4) is 10.7 Å². The molecule has 1 amide bonds. The van der Waals surface area contributed by atoms with Gasteiger partial charge in [-0.05, 0) is 41.6 Å².